The monoisotopic (exact) mass is 275 g/mol. The van der Waals surface area contributed by atoms with Gasteiger partial charge in [0.25, 0.3) is 5.91 Å². The van der Waals surface area contributed by atoms with Gasteiger partial charge in [0.05, 0.1) is 11.8 Å². The van der Waals surface area contributed by atoms with Gasteiger partial charge in [-0.05, 0) is 12.1 Å². The largest absolute Gasteiger partial charge is 0.506 e. The second-order valence-corrected chi connectivity index (χ2v) is 4.00. The molecule has 0 atom stereocenters. The normalized spacial score (nSPS) is 10.4. The summed E-state index contributed by atoms with van der Waals surface area (Å²) in [7, 11) is 0. The Morgan fingerprint density at radius 1 is 1.20 bits per heavy atom. The van der Waals surface area contributed by atoms with E-state index in [1.54, 1.807) is 12.1 Å². The number of ketones is 2. The number of para-hydroxylation sites is 1. The zero-order chi connectivity index (χ0) is 14.9. The summed E-state index contributed by atoms with van der Waals surface area (Å²) >= 11 is 0. The van der Waals surface area contributed by atoms with Crippen molar-refractivity contribution in [1.29, 1.82) is 0 Å². The third-order valence-electron chi connectivity index (χ3n) is 2.66. The minimum Gasteiger partial charge on any atom is -0.506 e. The molecule has 0 aliphatic rings. The van der Waals surface area contributed by atoms with E-state index in [4.69, 9.17) is 10.2 Å². The lowest BCUT2D eigenvalue weighted by molar-refractivity contribution is -0.135. The van der Waals surface area contributed by atoms with Crippen molar-refractivity contribution in [1.82, 2.24) is 0 Å². The highest BCUT2D eigenvalue weighted by atomic mass is 16.4. The van der Waals surface area contributed by atoms with Crippen LogP contribution < -0.4 is 11.4 Å². The lowest BCUT2D eigenvalue weighted by Gasteiger charge is -2.04. The van der Waals surface area contributed by atoms with Crippen LogP contribution in [0.3, 0.4) is 0 Å². The molecule has 0 spiro atoms. The van der Waals surface area contributed by atoms with Crippen molar-refractivity contribution in [3.8, 4) is 5.75 Å². The lowest BCUT2D eigenvalue weighted by Crippen LogP contribution is -2.27. The van der Waals surface area contributed by atoms with E-state index in [0.29, 0.717) is 0 Å². The zero-order valence-electron chi connectivity index (χ0n) is 10.1. The topological polar surface area (TPSA) is 128 Å². The number of hydrogen-bond donors (Lipinski definition) is 2. The second-order valence-electron chi connectivity index (χ2n) is 4.00. The number of fused-ring (bicyclic) bond motifs is 1. The van der Waals surface area contributed by atoms with E-state index in [2.05, 4.69) is 0 Å². The van der Waals surface area contributed by atoms with E-state index < -0.39 is 40.8 Å². The first-order valence-corrected chi connectivity index (χ1v) is 5.52. The first-order valence-electron chi connectivity index (χ1n) is 5.52. The van der Waals surface area contributed by atoms with Gasteiger partial charge < -0.3 is 15.3 Å². The number of rotatable bonds is 4. The fourth-order valence-electron chi connectivity index (χ4n) is 1.70. The van der Waals surface area contributed by atoms with E-state index in [9.17, 15) is 24.3 Å². The number of nitrogens with two attached hydrogens (primary N) is 1. The summed E-state index contributed by atoms with van der Waals surface area (Å²) in [6.45, 7) is 0. The van der Waals surface area contributed by atoms with Gasteiger partial charge in [-0.1, -0.05) is 12.1 Å². The molecule has 7 heteroatoms. The number of aromatic hydroxyl groups is 1. The predicted molar refractivity (Wildman–Crippen MR) is 67.3 cm³/mol. The Morgan fingerprint density at radius 2 is 1.85 bits per heavy atom. The van der Waals surface area contributed by atoms with Gasteiger partial charge in [0, 0.05) is 0 Å². The molecule has 0 saturated carbocycles. The highest BCUT2D eigenvalue weighted by molar-refractivity contribution is 6.39. The zero-order valence-corrected chi connectivity index (χ0v) is 10.1. The van der Waals surface area contributed by atoms with Gasteiger partial charge >= 0.3 is 5.63 Å². The standard InChI is InChI=1S/C13H9NO6/c14-12(18)8(16)5-7(15)10-11(17)6-3-1-2-4-9(6)20-13(10)19/h1-4,17H,5H2,(H2,14,18). The molecule has 102 valence electrons. The molecule has 0 fully saturated rings. The van der Waals surface area contributed by atoms with Crippen LogP contribution in [0.15, 0.2) is 33.5 Å². The summed E-state index contributed by atoms with van der Waals surface area (Å²) in [5, 5.41) is 10.1. The molecule has 0 saturated heterocycles. The summed E-state index contributed by atoms with van der Waals surface area (Å²) < 4.78 is 4.87. The molecule has 2 aromatic rings. The molecule has 1 amide bonds. The van der Waals surface area contributed by atoms with Crippen molar-refractivity contribution in [3.05, 3.63) is 40.2 Å². The number of carbonyl (C=O) groups is 3. The van der Waals surface area contributed by atoms with Gasteiger partial charge in [-0.3, -0.25) is 14.4 Å². The molecule has 7 nitrogen and oxygen atoms in total. The maximum atomic E-state index is 11.8. The average molecular weight is 275 g/mol. The molecule has 0 aliphatic carbocycles. The van der Waals surface area contributed by atoms with E-state index in [1.165, 1.54) is 12.1 Å². The Bertz CT molecular complexity index is 789. The van der Waals surface area contributed by atoms with Crippen LogP contribution >= 0.6 is 0 Å². The Balaban J connectivity index is 2.55. The number of amides is 1. The van der Waals surface area contributed by atoms with Crippen molar-refractivity contribution in [3.63, 3.8) is 0 Å². The van der Waals surface area contributed by atoms with Gasteiger partial charge in [0.1, 0.15) is 16.9 Å². The molecule has 1 aromatic carbocycles. The quantitative estimate of drug-likeness (QED) is 0.353. The Labute approximate surface area is 111 Å². The van der Waals surface area contributed by atoms with Gasteiger partial charge in [-0.2, -0.15) is 0 Å². The third-order valence-corrected chi connectivity index (χ3v) is 2.66. The van der Waals surface area contributed by atoms with Crippen LogP contribution in [-0.2, 0) is 9.59 Å². The van der Waals surface area contributed by atoms with E-state index in [0.717, 1.165) is 0 Å². The Kier molecular flexibility index (Phi) is 3.34. The van der Waals surface area contributed by atoms with Gasteiger partial charge in [0.15, 0.2) is 5.78 Å². The minimum atomic E-state index is -1.29. The fraction of sp³-hybridized carbons (Fsp3) is 0.0769. The van der Waals surface area contributed by atoms with Crippen LogP contribution in [0.4, 0.5) is 0 Å². The summed E-state index contributed by atoms with van der Waals surface area (Å²) in [4.78, 5) is 45.2. The maximum absolute atomic E-state index is 11.8. The maximum Gasteiger partial charge on any atom is 0.351 e. The van der Waals surface area contributed by atoms with Crippen molar-refractivity contribution < 1.29 is 23.9 Å². The van der Waals surface area contributed by atoms with Crippen molar-refractivity contribution in [2.45, 2.75) is 6.42 Å². The molecule has 0 unspecified atom stereocenters. The van der Waals surface area contributed by atoms with Gasteiger partial charge in [-0.25, -0.2) is 4.79 Å². The van der Waals surface area contributed by atoms with Crippen molar-refractivity contribution in [2.75, 3.05) is 0 Å². The van der Waals surface area contributed by atoms with Gasteiger partial charge in [0.2, 0.25) is 5.78 Å². The molecule has 1 heterocycles. The first kappa shape index (κ1) is 13.5. The molecular weight excluding hydrogens is 266 g/mol. The van der Waals surface area contributed by atoms with Crippen LogP contribution in [0, 0.1) is 0 Å². The summed E-state index contributed by atoms with van der Waals surface area (Å²) in [6, 6.07) is 6.05. The van der Waals surface area contributed by atoms with Crippen LogP contribution in [-0.4, -0.2) is 22.6 Å². The highest BCUT2D eigenvalue weighted by Crippen LogP contribution is 2.26. The minimum absolute atomic E-state index is 0.104. The van der Waals surface area contributed by atoms with Crippen LogP contribution in [0.1, 0.15) is 16.8 Å². The van der Waals surface area contributed by atoms with Crippen molar-refractivity contribution >= 4 is 28.4 Å². The number of hydrogen-bond acceptors (Lipinski definition) is 6. The van der Waals surface area contributed by atoms with E-state index in [1.807, 2.05) is 0 Å². The highest BCUT2D eigenvalue weighted by Gasteiger charge is 2.24. The average Bonchev–Trinajstić information content (AvgIpc) is 2.38. The molecular formula is C13H9NO6. The predicted octanol–water partition coefficient (Wildman–Crippen LogP) is 0.126. The van der Waals surface area contributed by atoms with Crippen LogP contribution in [0.5, 0.6) is 5.75 Å². The molecule has 20 heavy (non-hydrogen) atoms. The molecule has 0 radical (unpaired) electrons. The number of benzene rings is 1. The van der Waals surface area contributed by atoms with Crippen molar-refractivity contribution in [2.24, 2.45) is 5.73 Å². The Hall–Kier alpha value is -2.96. The first-order chi connectivity index (χ1) is 9.41. The molecule has 1 aromatic heterocycles. The Morgan fingerprint density at radius 3 is 2.50 bits per heavy atom. The summed E-state index contributed by atoms with van der Waals surface area (Å²) in [6.07, 6.45) is -0.897. The van der Waals surface area contributed by atoms with Crippen LogP contribution in [0.25, 0.3) is 11.0 Å². The molecule has 0 bridgehead atoms. The van der Waals surface area contributed by atoms with Gasteiger partial charge in [-0.15, -0.1) is 0 Å². The number of carbonyl (C=O) groups excluding carboxylic acids is 3. The molecule has 0 aliphatic heterocycles. The molecule has 2 rings (SSSR count). The third kappa shape index (κ3) is 2.28. The lowest BCUT2D eigenvalue weighted by atomic mass is 10.0. The van der Waals surface area contributed by atoms with E-state index in [-0.39, 0.29) is 11.0 Å². The SMILES string of the molecule is NC(=O)C(=O)CC(=O)c1c(O)c2ccccc2oc1=O. The van der Waals surface area contributed by atoms with E-state index >= 15 is 0 Å². The number of primary amides is 1. The number of Topliss-reactive ketones (excluding diaryl/α,β-unsaturated/α-hetero) is 2. The summed E-state index contributed by atoms with van der Waals surface area (Å²) in [5.74, 6) is -4.05. The smallest absolute Gasteiger partial charge is 0.351 e. The van der Waals surface area contributed by atoms with Crippen LogP contribution in [0.2, 0.25) is 0 Å². The second kappa shape index (κ2) is 4.96. The molecule has 3 N–H and O–H groups in total. The summed E-state index contributed by atoms with van der Waals surface area (Å²) in [5.41, 5.74) is 3.08. The fourth-order valence-corrected chi connectivity index (χ4v) is 1.70.